The number of hydrogen-bond acceptors (Lipinski definition) is 2. The average Bonchev–Trinajstić information content (AvgIpc) is 3.08. The summed E-state index contributed by atoms with van der Waals surface area (Å²) in [6.07, 6.45) is 10.1. The Labute approximate surface area is 150 Å². The minimum Gasteiger partial charge on any atom is -0.151 e. The number of hydrogen-bond donors (Lipinski definition) is 0. The Kier molecular flexibility index (Phi) is 1.93. The highest BCUT2D eigenvalue weighted by molar-refractivity contribution is 5.38. The second-order valence-electron chi connectivity index (χ2n) is 12.2. The molecule has 8 aliphatic carbocycles. The van der Waals surface area contributed by atoms with Gasteiger partial charge in [-0.05, 0) is 120 Å². The molecular formula is C23H31NO. The van der Waals surface area contributed by atoms with Crippen LogP contribution in [0.1, 0.15) is 58.8 Å². The molecule has 0 saturated heterocycles. The minimum atomic E-state index is 0.179. The Hall–Kier alpha value is -0.400. The van der Waals surface area contributed by atoms with Crippen molar-refractivity contribution in [3.63, 3.8) is 0 Å². The zero-order chi connectivity index (χ0) is 16.5. The first-order valence-electron chi connectivity index (χ1n) is 11.4. The second-order valence-corrected chi connectivity index (χ2v) is 12.2. The molecule has 0 aliphatic heterocycles. The quantitative estimate of drug-likeness (QED) is 0.611. The molecule has 8 fully saturated rings. The Morgan fingerprint density at radius 2 is 1.80 bits per heavy atom. The van der Waals surface area contributed by atoms with E-state index in [9.17, 15) is 4.91 Å². The van der Waals surface area contributed by atoms with Crippen molar-refractivity contribution < 1.29 is 0 Å². The van der Waals surface area contributed by atoms with E-state index >= 15 is 0 Å². The number of nitrogens with zero attached hydrogens (tertiary/aromatic N) is 1. The van der Waals surface area contributed by atoms with Gasteiger partial charge in [-0.1, -0.05) is 19.0 Å². The number of rotatable bonds is 1. The van der Waals surface area contributed by atoms with Crippen LogP contribution in [-0.2, 0) is 0 Å². The van der Waals surface area contributed by atoms with Crippen LogP contribution in [0.5, 0.6) is 0 Å². The fourth-order valence-corrected chi connectivity index (χ4v) is 13.2. The molecular weight excluding hydrogens is 306 g/mol. The molecule has 2 nitrogen and oxygen atoms in total. The van der Waals surface area contributed by atoms with E-state index in [-0.39, 0.29) is 6.04 Å². The maximum atomic E-state index is 11.9. The standard InChI is InChI=1S/C23H31NO/c1-10-21(2)12-7-11-5-6-22(11)18-16(24-25)4-3-14-15-9-13(8-12)23(10,15)19(17(14)18)20(21)22/h10-20H,3-9H2,1-2H3. The van der Waals surface area contributed by atoms with E-state index in [1.54, 1.807) is 12.8 Å². The lowest BCUT2D eigenvalue weighted by Crippen LogP contribution is -2.63. The molecule has 14 unspecified atom stereocenters. The number of nitroso groups, excluding NO2 is 1. The van der Waals surface area contributed by atoms with Gasteiger partial charge in [0.05, 0.1) is 6.04 Å². The van der Waals surface area contributed by atoms with Crippen LogP contribution in [0.25, 0.3) is 0 Å². The van der Waals surface area contributed by atoms with E-state index in [0.717, 1.165) is 65.1 Å². The predicted octanol–water partition coefficient (Wildman–Crippen LogP) is 5.12. The molecule has 0 heterocycles. The third kappa shape index (κ3) is 0.934. The van der Waals surface area contributed by atoms with Gasteiger partial charge in [-0.15, -0.1) is 0 Å². The normalized spacial score (nSPS) is 77.9. The highest BCUT2D eigenvalue weighted by Gasteiger charge is 2.91. The van der Waals surface area contributed by atoms with Crippen molar-refractivity contribution in [2.24, 2.45) is 80.6 Å². The fraction of sp³-hybridized carbons (Fsp3) is 1.00. The van der Waals surface area contributed by atoms with E-state index in [4.69, 9.17) is 0 Å². The first-order chi connectivity index (χ1) is 12.1. The Morgan fingerprint density at radius 3 is 2.56 bits per heavy atom. The highest BCUT2D eigenvalue weighted by atomic mass is 16.3. The largest absolute Gasteiger partial charge is 0.151 e. The molecule has 0 aromatic heterocycles. The lowest BCUT2D eigenvalue weighted by Gasteiger charge is -2.69. The van der Waals surface area contributed by atoms with Gasteiger partial charge in [0.1, 0.15) is 0 Å². The van der Waals surface area contributed by atoms with Gasteiger partial charge in [0, 0.05) is 0 Å². The molecule has 0 aromatic rings. The maximum absolute atomic E-state index is 11.9. The van der Waals surface area contributed by atoms with Gasteiger partial charge >= 0.3 is 0 Å². The summed E-state index contributed by atoms with van der Waals surface area (Å²) in [5, 5.41) is 3.82. The van der Waals surface area contributed by atoms with Crippen molar-refractivity contribution in [3.8, 4) is 0 Å². The lowest BCUT2D eigenvalue weighted by molar-refractivity contribution is -0.206. The molecule has 2 spiro atoms. The maximum Gasteiger partial charge on any atom is 0.0956 e. The van der Waals surface area contributed by atoms with E-state index in [1.807, 2.05) is 0 Å². The summed E-state index contributed by atoms with van der Waals surface area (Å²) in [6.45, 7) is 5.45. The summed E-state index contributed by atoms with van der Waals surface area (Å²) in [5.41, 5.74) is 1.88. The lowest BCUT2D eigenvalue weighted by atomic mass is 9.36. The molecule has 0 aromatic carbocycles. The SMILES string of the molecule is CC1C2(C)C3CC4CCC45C4C(N=O)CCC6C4C(C25)C12C(C3)CC62. The van der Waals surface area contributed by atoms with E-state index < -0.39 is 0 Å². The summed E-state index contributed by atoms with van der Waals surface area (Å²) >= 11 is 0. The summed E-state index contributed by atoms with van der Waals surface area (Å²) in [4.78, 5) is 11.9. The van der Waals surface area contributed by atoms with Crippen LogP contribution in [0.15, 0.2) is 5.18 Å². The Balaban J connectivity index is 1.47. The van der Waals surface area contributed by atoms with Gasteiger partial charge in [0.25, 0.3) is 0 Å². The second kappa shape index (κ2) is 3.51. The minimum absolute atomic E-state index is 0.179. The monoisotopic (exact) mass is 337 g/mol. The summed E-state index contributed by atoms with van der Waals surface area (Å²) in [7, 11) is 0. The Bertz CT molecular complexity index is 734. The van der Waals surface area contributed by atoms with Gasteiger partial charge in [-0.2, -0.15) is 4.91 Å². The molecule has 2 bridgehead atoms. The predicted molar refractivity (Wildman–Crippen MR) is 95.4 cm³/mol. The molecule has 134 valence electrons. The van der Waals surface area contributed by atoms with Crippen molar-refractivity contribution in [2.45, 2.75) is 64.8 Å². The zero-order valence-corrected chi connectivity index (χ0v) is 15.7. The van der Waals surface area contributed by atoms with Gasteiger partial charge < -0.3 is 0 Å². The van der Waals surface area contributed by atoms with E-state index in [0.29, 0.717) is 16.7 Å². The molecule has 0 N–H and O–H groups in total. The van der Waals surface area contributed by atoms with Crippen molar-refractivity contribution in [2.75, 3.05) is 0 Å². The van der Waals surface area contributed by atoms with Gasteiger partial charge in [-0.25, -0.2) is 0 Å². The van der Waals surface area contributed by atoms with Crippen LogP contribution in [0.4, 0.5) is 0 Å². The van der Waals surface area contributed by atoms with Crippen molar-refractivity contribution in [1.82, 2.24) is 0 Å². The van der Waals surface area contributed by atoms with Gasteiger partial charge in [0.15, 0.2) is 0 Å². The Morgan fingerprint density at radius 1 is 0.960 bits per heavy atom. The molecule has 8 aliphatic rings. The summed E-state index contributed by atoms with van der Waals surface area (Å²) in [5.74, 6) is 9.60. The van der Waals surface area contributed by atoms with Crippen molar-refractivity contribution in [1.29, 1.82) is 0 Å². The third-order valence-corrected chi connectivity index (χ3v) is 13.3. The van der Waals surface area contributed by atoms with Crippen LogP contribution in [-0.4, -0.2) is 6.04 Å². The average molecular weight is 338 g/mol. The highest BCUT2D eigenvalue weighted by Crippen LogP contribution is 2.95. The van der Waals surface area contributed by atoms with Crippen LogP contribution < -0.4 is 0 Å². The smallest absolute Gasteiger partial charge is 0.0956 e. The van der Waals surface area contributed by atoms with Crippen molar-refractivity contribution >= 4 is 0 Å². The van der Waals surface area contributed by atoms with Gasteiger partial charge in [0.2, 0.25) is 0 Å². The van der Waals surface area contributed by atoms with Crippen LogP contribution in [0.3, 0.4) is 0 Å². The first kappa shape index (κ1) is 13.7. The van der Waals surface area contributed by atoms with Gasteiger partial charge in [-0.3, -0.25) is 0 Å². The molecule has 2 heteroatoms. The molecule has 0 amide bonds. The topological polar surface area (TPSA) is 29.4 Å². The number of fused-ring (bicyclic) bond motifs is 1. The molecule has 8 saturated carbocycles. The molecule has 8 rings (SSSR count). The van der Waals surface area contributed by atoms with E-state index in [2.05, 4.69) is 19.0 Å². The summed E-state index contributed by atoms with van der Waals surface area (Å²) < 4.78 is 0. The third-order valence-electron chi connectivity index (χ3n) is 13.3. The van der Waals surface area contributed by atoms with Crippen molar-refractivity contribution in [3.05, 3.63) is 4.91 Å². The van der Waals surface area contributed by atoms with Crippen LogP contribution in [0, 0.1) is 80.3 Å². The fourth-order valence-electron chi connectivity index (χ4n) is 13.2. The molecule has 14 atom stereocenters. The zero-order valence-electron chi connectivity index (χ0n) is 15.7. The van der Waals surface area contributed by atoms with Crippen LogP contribution in [0.2, 0.25) is 0 Å². The first-order valence-corrected chi connectivity index (χ1v) is 11.4. The van der Waals surface area contributed by atoms with E-state index in [1.165, 1.54) is 25.7 Å². The molecule has 0 radical (unpaired) electrons. The summed E-state index contributed by atoms with van der Waals surface area (Å²) in [6, 6.07) is 0.179. The molecule has 25 heavy (non-hydrogen) atoms. The van der Waals surface area contributed by atoms with Crippen LogP contribution >= 0.6 is 0 Å².